The Morgan fingerprint density at radius 2 is 2.25 bits per heavy atom. The van der Waals surface area contributed by atoms with E-state index in [9.17, 15) is 0 Å². The Labute approximate surface area is 151 Å². The number of nitrogens with two attached hydrogens (primary N) is 1. The van der Waals surface area contributed by atoms with E-state index in [0.717, 1.165) is 31.1 Å². The van der Waals surface area contributed by atoms with E-state index in [-0.39, 0.29) is 0 Å². The number of piperidine rings is 1. The second kappa shape index (κ2) is 9.28. The molecule has 0 spiro atoms. The summed E-state index contributed by atoms with van der Waals surface area (Å²) in [7, 11) is 2.19. The van der Waals surface area contributed by atoms with Gasteiger partial charge >= 0.3 is 0 Å². The van der Waals surface area contributed by atoms with Crippen molar-refractivity contribution in [1.82, 2.24) is 10.2 Å². The summed E-state index contributed by atoms with van der Waals surface area (Å²) in [6.45, 7) is 7.17. The highest BCUT2D eigenvalue weighted by Crippen LogP contribution is 2.36. The van der Waals surface area contributed by atoms with E-state index in [1.54, 1.807) is 0 Å². The molecule has 2 atom stereocenters. The molecule has 24 heavy (non-hydrogen) atoms. The van der Waals surface area contributed by atoms with Gasteiger partial charge in [-0.15, -0.1) is 0 Å². The minimum atomic E-state index is 0.352. The maximum absolute atomic E-state index is 6.19. The molecule has 2 rings (SSSR count). The molecule has 0 aromatic heterocycles. The summed E-state index contributed by atoms with van der Waals surface area (Å²) >= 11 is 6.19. The van der Waals surface area contributed by atoms with Gasteiger partial charge in [-0.3, -0.25) is 9.89 Å². The number of guanidine groups is 1. The summed E-state index contributed by atoms with van der Waals surface area (Å²) in [5.74, 6) is 1.70. The monoisotopic (exact) mass is 350 g/mol. The van der Waals surface area contributed by atoms with Gasteiger partial charge in [-0.05, 0) is 62.4 Å². The molecule has 1 heterocycles. The molecule has 1 aromatic rings. The van der Waals surface area contributed by atoms with Gasteiger partial charge in [0.05, 0.1) is 0 Å². The Hall–Kier alpha value is -1.26. The topological polar surface area (TPSA) is 53.6 Å². The van der Waals surface area contributed by atoms with E-state index in [1.807, 2.05) is 12.1 Å². The third-order valence-electron chi connectivity index (χ3n) is 4.72. The molecular formula is C19H31ClN4. The van der Waals surface area contributed by atoms with Crippen molar-refractivity contribution in [3.8, 4) is 0 Å². The van der Waals surface area contributed by atoms with Crippen LogP contribution >= 0.6 is 11.6 Å². The van der Waals surface area contributed by atoms with Crippen molar-refractivity contribution in [3.63, 3.8) is 0 Å². The Morgan fingerprint density at radius 1 is 1.46 bits per heavy atom. The van der Waals surface area contributed by atoms with Gasteiger partial charge in [-0.2, -0.15) is 0 Å². The number of benzene rings is 1. The van der Waals surface area contributed by atoms with Crippen molar-refractivity contribution in [2.45, 2.75) is 39.2 Å². The number of aliphatic imine (C=N–C) groups is 1. The third kappa shape index (κ3) is 5.67. The number of rotatable bonds is 6. The number of hydrogen-bond acceptors (Lipinski definition) is 2. The molecule has 0 radical (unpaired) electrons. The molecule has 1 saturated heterocycles. The first-order valence-corrected chi connectivity index (χ1v) is 9.34. The minimum Gasteiger partial charge on any atom is -0.370 e. The van der Waals surface area contributed by atoms with E-state index in [2.05, 4.69) is 48.2 Å². The first kappa shape index (κ1) is 19.1. The fourth-order valence-corrected chi connectivity index (χ4v) is 3.63. The third-order valence-corrected chi connectivity index (χ3v) is 4.96. The Morgan fingerprint density at radius 3 is 2.96 bits per heavy atom. The van der Waals surface area contributed by atoms with Gasteiger partial charge in [0.15, 0.2) is 5.96 Å². The van der Waals surface area contributed by atoms with E-state index < -0.39 is 0 Å². The first-order valence-electron chi connectivity index (χ1n) is 8.97. The predicted molar refractivity (Wildman–Crippen MR) is 103 cm³/mol. The molecule has 2 unspecified atom stereocenters. The zero-order valence-electron chi connectivity index (χ0n) is 15.1. The van der Waals surface area contributed by atoms with Crippen LogP contribution in [-0.2, 0) is 0 Å². The highest BCUT2D eigenvalue weighted by Gasteiger charge is 2.30. The van der Waals surface area contributed by atoms with Gasteiger partial charge in [-0.1, -0.05) is 37.6 Å². The average Bonchev–Trinajstić information content (AvgIpc) is 2.52. The van der Waals surface area contributed by atoms with Gasteiger partial charge in [0.1, 0.15) is 0 Å². The van der Waals surface area contributed by atoms with Crippen molar-refractivity contribution in [1.29, 1.82) is 0 Å². The lowest BCUT2D eigenvalue weighted by atomic mass is 9.85. The van der Waals surface area contributed by atoms with E-state index in [4.69, 9.17) is 17.3 Å². The van der Waals surface area contributed by atoms with E-state index in [1.165, 1.54) is 18.4 Å². The van der Waals surface area contributed by atoms with Crippen LogP contribution in [0.5, 0.6) is 0 Å². The molecule has 5 heteroatoms. The summed E-state index contributed by atoms with van der Waals surface area (Å²) in [5, 5.41) is 4.02. The Kier molecular flexibility index (Phi) is 7.38. The summed E-state index contributed by atoms with van der Waals surface area (Å²) in [4.78, 5) is 7.02. The fourth-order valence-electron chi connectivity index (χ4n) is 3.43. The second-order valence-electron chi connectivity index (χ2n) is 7.22. The van der Waals surface area contributed by atoms with Gasteiger partial charge in [0.2, 0.25) is 0 Å². The lowest BCUT2D eigenvalue weighted by molar-refractivity contribution is 0.125. The van der Waals surface area contributed by atoms with Crippen LogP contribution in [0.1, 0.15) is 44.7 Å². The lowest BCUT2D eigenvalue weighted by Gasteiger charge is -2.39. The SMILES string of the molecule is CC(C)CCNC(N)=NCC1CCCN(C)C1c1cccc(Cl)c1. The zero-order valence-corrected chi connectivity index (χ0v) is 15.9. The van der Waals surface area contributed by atoms with E-state index in [0.29, 0.717) is 23.8 Å². The second-order valence-corrected chi connectivity index (χ2v) is 7.65. The van der Waals surface area contributed by atoms with E-state index >= 15 is 0 Å². The fraction of sp³-hybridized carbons (Fsp3) is 0.632. The Bertz CT molecular complexity index is 544. The van der Waals surface area contributed by atoms with Crippen LogP contribution in [0.15, 0.2) is 29.3 Å². The highest BCUT2D eigenvalue weighted by molar-refractivity contribution is 6.30. The van der Waals surface area contributed by atoms with Crippen molar-refractivity contribution in [3.05, 3.63) is 34.9 Å². The number of likely N-dealkylation sites (tertiary alicyclic amines) is 1. The standard InChI is InChI=1S/C19H31ClN4/c1-14(2)9-10-22-19(21)23-13-16-7-5-11-24(3)18(16)15-6-4-8-17(20)12-15/h4,6,8,12,14,16,18H,5,7,9-11,13H2,1-3H3,(H3,21,22,23). The molecule has 4 nitrogen and oxygen atoms in total. The zero-order chi connectivity index (χ0) is 17.5. The molecule has 1 aliphatic rings. The lowest BCUT2D eigenvalue weighted by Crippen LogP contribution is -2.38. The van der Waals surface area contributed by atoms with Crippen molar-refractivity contribution in [2.24, 2.45) is 22.6 Å². The maximum atomic E-state index is 6.19. The van der Waals surface area contributed by atoms with Gasteiger partial charge < -0.3 is 11.1 Å². The summed E-state index contributed by atoms with van der Waals surface area (Å²) in [6.07, 6.45) is 3.48. The smallest absolute Gasteiger partial charge is 0.188 e. The van der Waals surface area contributed by atoms with Crippen molar-refractivity contribution < 1.29 is 0 Å². The number of nitrogens with zero attached hydrogens (tertiary/aromatic N) is 2. The van der Waals surface area contributed by atoms with Crippen LogP contribution in [0.2, 0.25) is 5.02 Å². The van der Waals surface area contributed by atoms with Gasteiger partial charge in [0.25, 0.3) is 0 Å². The van der Waals surface area contributed by atoms with Crippen molar-refractivity contribution >= 4 is 17.6 Å². The van der Waals surface area contributed by atoms with Crippen LogP contribution in [0.4, 0.5) is 0 Å². The molecule has 1 aliphatic heterocycles. The summed E-state index contributed by atoms with van der Waals surface area (Å²) < 4.78 is 0. The maximum Gasteiger partial charge on any atom is 0.188 e. The molecule has 0 saturated carbocycles. The van der Waals surface area contributed by atoms with Crippen LogP contribution in [0, 0.1) is 11.8 Å². The normalized spacial score (nSPS) is 22.8. The van der Waals surface area contributed by atoms with Crippen molar-refractivity contribution in [2.75, 3.05) is 26.7 Å². The Balaban J connectivity index is 2.01. The molecule has 3 N–H and O–H groups in total. The summed E-state index contributed by atoms with van der Waals surface area (Å²) in [6, 6.07) is 8.55. The molecule has 0 amide bonds. The number of nitrogens with one attached hydrogen (secondary N) is 1. The summed E-state index contributed by atoms with van der Waals surface area (Å²) in [5.41, 5.74) is 7.30. The quantitative estimate of drug-likeness (QED) is 0.608. The molecule has 134 valence electrons. The minimum absolute atomic E-state index is 0.352. The van der Waals surface area contributed by atoms with Crippen LogP contribution < -0.4 is 11.1 Å². The van der Waals surface area contributed by atoms with Gasteiger partial charge in [0, 0.05) is 24.2 Å². The first-order chi connectivity index (χ1) is 11.5. The number of halogens is 1. The van der Waals surface area contributed by atoms with Crippen LogP contribution in [-0.4, -0.2) is 37.5 Å². The van der Waals surface area contributed by atoms with Crippen LogP contribution in [0.25, 0.3) is 0 Å². The average molecular weight is 351 g/mol. The number of hydrogen-bond donors (Lipinski definition) is 2. The van der Waals surface area contributed by atoms with Gasteiger partial charge in [-0.25, -0.2) is 0 Å². The molecular weight excluding hydrogens is 320 g/mol. The molecule has 1 fully saturated rings. The molecule has 1 aromatic carbocycles. The van der Waals surface area contributed by atoms with Crippen LogP contribution in [0.3, 0.4) is 0 Å². The highest BCUT2D eigenvalue weighted by atomic mass is 35.5. The molecule has 0 aliphatic carbocycles. The molecule has 0 bridgehead atoms. The predicted octanol–water partition coefficient (Wildman–Crippen LogP) is 3.67. The largest absolute Gasteiger partial charge is 0.370 e.